The van der Waals surface area contributed by atoms with Crippen molar-refractivity contribution in [3.05, 3.63) is 16.4 Å². The molecule has 104 valence electrons. The van der Waals surface area contributed by atoms with Gasteiger partial charge in [-0.25, -0.2) is 9.97 Å². The molecule has 7 heteroatoms. The Morgan fingerprint density at radius 2 is 2.53 bits per heavy atom. The van der Waals surface area contributed by atoms with Crippen molar-refractivity contribution < 1.29 is 9.53 Å². The molecule has 1 aliphatic heterocycles. The first-order chi connectivity index (χ1) is 9.20. The minimum atomic E-state index is -0.171. The lowest BCUT2D eigenvalue weighted by atomic mass is 10.0. The maximum absolute atomic E-state index is 12.1. The summed E-state index contributed by atoms with van der Waals surface area (Å²) in [4.78, 5) is 20.4. The quantitative estimate of drug-likeness (QED) is 0.668. The molecule has 0 bridgehead atoms. The van der Waals surface area contributed by atoms with Crippen LogP contribution in [0, 0.1) is 5.92 Å². The molecule has 5 nitrogen and oxygen atoms in total. The van der Waals surface area contributed by atoms with Gasteiger partial charge in [0.15, 0.2) is 5.16 Å². The lowest BCUT2D eigenvalue weighted by Crippen LogP contribution is -2.33. The van der Waals surface area contributed by atoms with Crippen molar-refractivity contribution in [3.63, 3.8) is 0 Å². The summed E-state index contributed by atoms with van der Waals surface area (Å²) in [7, 11) is 0. The number of carbonyl (C=O) groups is 1. The minimum Gasteiger partial charge on any atom is -0.381 e. The van der Waals surface area contributed by atoms with Crippen molar-refractivity contribution >= 4 is 33.6 Å². The van der Waals surface area contributed by atoms with Crippen LogP contribution in [0.1, 0.15) is 23.3 Å². The van der Waals surface area contributed by atoms with Crippen LogP contribution in [0.4, 0.5) is 0 Å². The molecule has 1 aromatic rings. The van der Waals surface area contributed by atoms with Gasteiger partial charge in [-0.15, -0.1) is 0 Å². The van der Waals surface area contributed by atoms with Gasteiger partial charge in [-0.3, -0.25) is 4.79 Å². The Kier molecular flexibility index (Phi) is 5.59. The van der Waals surface area contributed by atoms with Crippen molar-refractivity contribution in [1.29, 1.82) is 0 Å². The van der Waals surface area contributed by atoms with Crippen LogP contribution in [0.2, 0.25) is 0 Å². The number of carbonyl (C=O) groups excluding carboxylic acids is 1. The Hall–Kier alpha value is -0.660. The summed E-state index contributed by atoms with van der Waals surface area (Å²) < 4.78 is 6.00. The Labute approximate surface area is 125 Å². The van der Waals surface area contributed by atoms with Gasteiger partial charge in [0.05, 0.1) is 11.1 Å². The fourth-order valence-corrected chi connectivity index (χ4v) is 2.61. The third-order valence-electron chi connectivity index (χ3n) is 2.93. The molecule has 1 saturated heterocycles. The van der Waals surface area contributed by atoms with E-state index in [1.54, 1.807) is 6.20 Å². The molecule has 1 fully saturated rings. The second-order valence-corrected chi connectivity index (χ2v) is 5.97. The molecule has 1 atom stereocenters. The molecule has 2 rings (SSSR count). The number of thioether (sulfide) groups is 1. The zero-order chi connectivity index (χ0) is 13.7. The van der Waals surface area contributed by atoms with Crippen LogP contribution in [0.3, 0.4) is 0 Å². The fourth-order valence-electron chi connectivity index (χ4n) is 1.90. The highest BCUT2D eigenvalue weighted by Crippen LogP contribution is 2.17. The van der Waals surface area contributed by atoms with Crippen molar-refractivity contribution in [2.24, 2.45) is 5.92 Å². The number of ether oxygens (including phenoxy) is 1. The monoisotopic (exact) mass is 345 g/mol. The van der Waals surface area contributed by atoms with Gasteiger partial charge in [0.25, 0.3) is 5.91 Å². The summed E-state index contributed by atoms with van der Waals surface area (Å²) in [6.07, 6.45) is 5.65. The first kappa shape index (κ1) is 14.7. The third-order valence-corrected chi connectivity index (χ3v) is 4.07. The summed E-state index contributed by atoms with van der Waals surface area (Å²) in [6, 6.07) is 0. The van der Waals surface area contributed by atoms with Crippen LogP contribution in [0.25, 0.3) is 0 Å². The van der Waals surface area contributed by atoms with Gasteiger partial charge in [-0.1, -0.05) is 11.8 Å². The predicted octanol–water partition coefficient (Wildman–Crippen LogP) is 2.12. The van der Waals surface area contributed by atoms with E-state index in [4.69, 9.17) is 4.74 Å². The molecule has 2 heterocycles. The van der Waals surface area contributed by atoms with Crippen molar-refractivity contribution in [2.75, 3.05) is 26.0 Å². The number of hydrogen-bond donors (Lipinski definition) is 1. The minimum absolute atomic E-state index is 0.171. The van der Waals surface area contributed by atoms with E-state index in [0.29, 0.717) is 27.8 Å². The third kappa shape index (κ3) is 4.15. The second kappa shape index (κ2) is 7.21. The van der Waals surface area contributed by atoms with Crippen LogP contribution in [-0.4, -0.2) is 41.9 Å². The molecule has 1 aromatic heterocycles. The molecule has 0 aromatic carbocycles. The number of nitrogens with one attached hydrogen (secondary N) is 1. The van der Waals surface area contributed by atoms with Gasteiger partial charge in [-0.05, 0) is 40.9 Å². The van der Waals surface area contributed by atoms with E-state index >= 15 is 0 Å². The van der Waals surface area contributed by atoms with E-state index < -0.39 is 0 Å². The van der Waals surface area contributed by atoms with Crippen LogP contribution in [0.5, 0.6) is 0 Å². The Balaban J connectivity index is 1.95. The van der Waals surface area contributed by atoms with Gasteiger partial charge in [-0.2, -0.15) is 0 Å². The zero-order valence-corrected chi connectivity index (χ0v) is 13.1. The maximum atomic E-state index is 12.1. The smallest absolute Gasteiger partial charge is 0.271 e. The second-order valence-electron chi connectivity index (χ2n) is 4.35. The summed E-state index contributed by atoms with van der Waals surface area (Å²) >= 11 is 4.72. The Morgan fingerprint density at radius 1 is 1.68 bits per heavy atom. The van der Waals surface area contributed by atoms with Gasteiger partial charge >= 0.3 is 0 Å². The summed E-state index contributed by atoms with van der Waals surface area (Å²) in [6.45, 7) is 2.18. The predicted molar refractivity (Wildman–Crippen MR) is 77.4 cm³/mol. The zero-order valence-electron chi connectivity index (χ0n) is 10.7. The number of amides is 1. The van der Waals surface area contributed by atoms with Crippen LogP contribution in [-0.2, 0) is 4.74 Å². The lowest BCUT2D eigenvalue weighted by molar-refractivity contribution is 0.0535. The molecule has 0 aliphatic carbocycles. The first-order valence-corrected chi connectivity index (χ1v) is 8.15. The SMILES string of the molecule is CSc1ncc(Br)c(C(=O)NC[C@H]2CCCOC2)n1. The normalized spacial score (nSPS) is 19.2. The average Bonchev–Trinajstić information content (AvgIpc) is 2.46. The van der Waals surface area contributed by atoms with E-state index in [1.165, 1.54) is 11.8 Å². The highest BCUT2D eigenvalue weighted by molar-refractivity contribution is 9.10. The van der Waals surface area contributed by atoms with Crippen molar-refractivity contribution in [1.82, 2.24) is 15.3 Å². The average molecular weight is 346 g/mol. The largest absolute Gasteiger partial charge is 0.381 e. The van der Waals surface area contributed by atoms with E-state index in [0.717, 1.165) is 26.1 Å². The molecule has 1 N–H and O–H groups in total. The van der Waals surface area contributed by atoms with E-state index in [9.17, 15) is 4.79 Å². The van der Waals surface area contributed by atoms with Gasteiger partial charge in [0.2, 0.25) is 0 Å². The highest BCUT2D eigenvalue weighted by atomic mass is 79.9. The Morgan fingerprint density at radius 3 is 3.21 bits per heavy atom. The Bertz CT molecular complexity index is 453. The molecule has 0 radical (unpaired) electrons. The summed E-state index contributed by atoms with van der Waals surface area (Å²) in [5.41, 5.74) is 0.385. The first-order valence-electron chi connectivity index (χ1n) is 6.13. The highest BCUT2D eigenvalue weighted by Gasteiger charge is 2.17. The number of hydrogen-bond acceptors (Lipinski definition) is 5. The number of halogens is 1. The van der Waals surface area contributed by atoms with Crippen molar-refractivity contribution in [3.8, 4) is 0 Å². The molecular weight excluding hydrogens is 330 g/mol. The van der Waals surface area contributed by atoms with E-state index in [1.807, 2.05) is 6.26 Å². The molecule has 0 spiro atoms. The fraction of sp³-hybridized carbons (Fsp3) is 0.583. The van der Waals surface area contributed by atoms with Crippen LogP contribution < -0.4 is 5.32 Å². The van der Waals surface area contributed by atoms with E-state index in [2.05, 4.69) is 31.2 Å². The molecule has 0 unspecified atom stereocenters. The topological polar surface area (TPSA) is 64.1 Å². The lowest BCUT2D eigenvalue weighted by Gasteiger charge is -2.22. The van der Waals surface area contributed by atoms with E-state index in [-0.39, 0.29) is 5.91 Å². The van der Waals surface area contributed by atoms with Gasteiger partial charge in [0.1, 0.15) is 5.69 Å². The molecule has 1 aliphatic rings. The molecule has 0 saturated carbocycles. The number of rotatable bonds is 4. The van der Waals surface area contributed by atoms with Gasteiger partial charge in [0, 0.05) is 19.3 Å². The molecule has 1 amide bonds. The molecular formula is C12H16BrN3O2S. The van der Waals surface area contributed by atoms with Crippen molar-refractivity contribution in [2.45, 2.75) is 18.0 Å². The maximum Gasteiger partial charge on any atom is 0.271 e. The van der Waals surface area contributed by atoms with Crippen LogP contribution >= 0.6 is 27.7 Å². The summed E-state index contributed by atoms with van der Waals surface area (Å²) in [5, 5.41) is 3.50. The molecule has 19 heavy (non-hydrogen) atoms. The number of aromatic nitrogens is 2. The standard InChI is InChI=1S/C12H16BrN3O2S/c1-19-12-15-6-9(13)10(16-12)11(17)14-5-8-3-2-4-18-7-8/h6,8H,2-5,7H2,1H3,(H,14,17)/t8-/m1/s1. The number of nitrogens with zero attached hydrogens (tertiary/aromatic N) is 2. The van der Waals surface area contributed by atoms with Crippen LogP contribution in [0.15, 0.2) is 15.8 Å². The van der Waals surface area contributed by atoms with Gasteiger partial charge < -0.3 is 10.1 Å². The summed E-state index contributed by atoms with van der Waals surface area (Å²) in [5.74, 6) is 0.230.